The van der Waals surface area contributed by atoms with Gasteiger partial charge in [0.05, 0.1) is 0 Å². The second kappa shape index (κ2) is 9.66. The first-order valence-corrected chi connectivity index (χ1v) is 9.89. The molecule has 2 aliphatic heterocycles. The van der Waals surface area contributed by atoms with Gasteiger partial charge >= 0.3 is 156 Å². The van der Waals surface area contributed by atoms with E-state index >= 15 is 0 Å². The summed E-state index contributed by atoms with van der Waals surface area (Å²) in [5.74, 6) is -4.79. The second-order valence-electron chi connectivity index (χ2n) is 3.63. The largest absolute Gasteiger partial charge is 2.00 e. The minimum Gasteiger partial charge on any atom is 2.00 e. The van der Waals surface area contributed by atoms with Gasteiger partial charge < -0.3 is 0 Å². The van der Waals surface area contributed by atoms with Gasteiger partial charge in [0.25, 0.3) is 0 Å². The van der Waals surface area contributed by atoms with Crippen LogP contribution in [-0.4, -0.2) is 75.8 Å². The minimum absolute atomic E-state index is 0. The normalized spacial score (nSPS) is 17.0. The van der Waals surface area contributed by atoms with Crippen molar-refractivity contribution >= 4 is 55.4 Å². The average molecular weight is 495 g/mol. The summed E-state index contributed by atoms with van der Waals surface area (Å²) >= 11 is -1.47. The minimum atomic E-state index is -1.21. The molecule has 2 aliphatic rings. The van der Waals surface area contributed by atoms with Gasteiger partial charge in [0.2, 0.25) is 0 Å². The van der Waals surface area contributed by atoms with Crippen molar-refractivity contribution in [2.24, 2.45) is 0 Å². The number of carboxylic acids is 4. The Morgan fingerprint density at radius 2 is 1.00 bits per heavy atom. The molecule has 2 heterocycles. The first kappa shape index (κ1) is 21.6. The van der Waals surface area contributed by atoms with Crippen molar-refractivity contribution in [1.82, 2.24) is 0 Å². The molecule has 4 N–H and O–H groups in total. The van der Waals surface area contributed by atoms with Crippen LogP contribution in [-0.2, 0) is 38.7 Å². The molecule has 23 heavy (non-hydrogen) atoms. The van der Waals surface area contributed by atoms with Gasteiger partial charge in [0.1, 0.15) is 0 Å². The van der Waals surface area contributed by atoms with Gasteiger partial charge in [-0.2, -0.15) is 0 Å². The molecule has 2 atom stereocenters. The fourth-order valence-corrected chi connectivity index (χ4v) is 4.97. The molecule has 2 unspecified atom stereocenters. The standard InChI is InChI=1S/2C6H4AsO4.Zn/c2*8-5(9)3-1-7-2-4(3)6(10)11;/h2*1,7H,(H,8,9)(H,10,11);/q2*-1;+2. The van der Waals surface area contributed by atoms with E-state index in [9.17, 15) is 19.2 Å². The van der Waals surface area contributed by atoms with Crippen molar-refractivity contribution in [2.45, 2.75) is 0 Å². The topological polar surface area (TPSA) is 149 Å². The SMILES string of the molecule is O=C(O)C1=[C-][AsH]C=C1C(=O)O.O=C(O)C1=[C-][AsH]C=C1C(=O)O.[Zn+2]. The second-order valence-corrected chi connectivity index (χ2v) is 7.10. The van der Waals surface area contributed by atoms with E-state index < -0.39 is 55.4 Å². The van der Waals surface area contributed by atoms with Gasteiger partial charge in [0, 0.05) is 0 Å². The Hall–Kier alpha value is -1.42. The molecule has 0 saturated carbocycles. The average Bonchev–Trinajstić information content (AvgIpc) is 3.08. The van der Waals surface area contributed by atoms with Crippen LogP contribution in [0.4, 0.5) is 0 Å². The molecule has 0 aromatic carbocycles. The van der Waals surface area contributed by atoms with Crippen LogP contribution in [0.15, 0.2) is 32.0 Å². The maximum atomic E-state index is 10.3. The summed E-state index contributed by atoms with van der Waals surface area (Å²) in [5.41, 5.74) is -0.593. The quantitative estimate of drug-likeness (QED) is 0.268. The zero-order valence-corrected chi connectivity index (χ0v) is 18.4. The molecule has 0 saturated heterocycles. The Labute approximate surface area is 155 Å². The van der Waals surface area contributed by atoms with Gasteiger partial charge in [0.15, 0.2) is 0 Å². The first-order chi connectivity index (χ1) is 10.3. The van der Waals surface area contributed by atoms with Crippen LogP contribution in [0.25, 0.3) is 0 Å². The van der Waals surface area contributed by atoms with Crippen LogP contribution in [0.1, 0.15) is 0 Å². The van der Waals surface area contributed by atoms with Crippen molar-refractivity contribution < 1.29 is 59.1 Å². The van der Waals surface area contributed by atoms with Crippen LogP contribution in [0.2, 0.25) is 0 Å². The Balaban J connectivity index is 0.000000403. The van der Waals surface area contributed by atoms with E-state index in [1.165, 1.54) is 9.73 Å². The van der Waals surface area contributed by atoms with Gasteiger partial charge in [-0.05, 0) is 0 Å². The summed E-state index contributed by atoms with van der Waals surface area (Å²) in [4.78, 5) is 49.4. The third-order valence-electron chi connectivity index (χ3n) is 2.25. The van der Waals surface area contributed by atoms with Crippen LogP contribution in [0, 0.1) is 9.73 Å². The van der Waals surface area contributed by atoms with E-state index in [2.05, 4.69) is 9.73 Å². The molecular weight excluding hydrogens is 487 g/mol. The number of carboxylic acid groups (broad SMARTS) is 4. The molecule has 0 radical (unpaired) electrons. The summed E-state index contributed by atoms with van der Waals surface area (Å²) < 4.78 is 0. The van der Waals surface area contributed by atoms with E-state index in [0.717, 1.165) is 0 Å². The summed E-state index contributed by atoms with van der Waals surface area (Å²) in [6.45, 7) is 0. The molecule has 2 rings (SSSR count). The molecule has 0 spiro atoms. The monoisotopic (exact) mass is 494 g/mol. The molecule has 116 valence electrons. The third-order valence-corrected chi connectivity index (χ3v) is 5.73. The Morgan fingerprint density at radius 1 is 0.696 bits per heavy atom. The zero-order chi connectivity index (χ0) is 16.9. The van der Waals surface area contributed by atoms with Crippen LogP contribution >= 0.6 is 0 Å². The molecule has 0 amide bonds. The summed E-state index contributed by atoms with van der Waals surface area (Å²) in [5, 5.41) is 33.8. The molecule has 0 aromatic heterocycles. The van der Waals surface area contributed by atoms with Gasteiger partial charge in [-0.25, -0.2) is 0 Å². The summed E-state index contributed by atoms with van der Waals surface area (Å²) in [7, 11) is 0. The van der Waals surface area contributed by atoms with Crippen molar-refractivity contribution in [3.8, 4) is 0 Å². The summed E-state index contributed by atoms with van der Waals surface area (Å²) in [6, 6.07) is 0. The van der Waals surface area contributed by atoms with Crippen LogP contribution in [0.5, 0.6) is 0 Å². The zero-order valence-electron chi connectivity index (χ0n) is 11.3. The smallest absolute Gasteiger partial charge is 2.00 e. The number of carbonyl (C=O) groups is 4. The Kier molecular flexibility index (Phi) is 9.06. The van der Waals surface area contributed by atoms with E-state index in [-0.39, 0.29) is 41.8 Å². The number of hydrogen-bond donors (Lipinski definition) is 4. The van der Waals surface area contributed by atoms with Crippen molar-refractivity contribution in [3.05, 3.63) is 41.7 Å². The first-order valence-electron chi connectivity index (χ1n) is 5.37. The molecule has 0 aromatic rings. The van der Waals surface area contributed by atoms with E-state index in [4.69, 9.17) is 20.4 Å². The fourth-order valence-electron chi connectivity index (χ4n) is 1.31. The predicted molar refractivity (Wildman–Crippen MR) is 74.5 cm³/mol. The Bertz CT molecular complexity index is 561. The van der Waals surface area contributed by atoms with Crippen molar-refractivity contribution in [2.75, 3.05) is 0 Å². The van der Waals surface area contributed by atoms with E-state index in [1.54, 1.807) is 0 Å². The molecule has 0 aliphatic carbocycles. The number of hydrogen-bond acceptors (Lipinski definition) is 4. The Morgan fingerprint density at radius 3 is 1.17 bits per heavy atom. The van der Waals surface area contributed by atoms with Crippen molar-refractivity contribution in [3.63, 3.8) is 0 Å². The predicted octanol–water partition coefficient (Wildman–Crippen LogP) is -1.65. The fraction of sp³-hybridized carbons (Fsp3) is 0. The van der Waals surface area contributed by atoms with E-state index in [1.807, 2.05) is 0 Å². The van der Waals surface area contributed by atoms with E-state index in [0.29, 0.717) is 0 Å². The van der Waals surface area contributed by atoms with Gasteiger partial charge in [-0.15, -0.1) is 0 Å². The number of aliphatic carboxylic acids is 4. The molecular formula is C12H8As2O8Zn. The van der Waals surface area contributed by atoms with Gasteiger partial charge in [-0.3, -0.25) is 0 Å². The number of rotatable bonds is 4. The maximum Gasteiger partial charge on any atom is 2.00 e. The molecule has 11 heteroatoms. The molecule has 0 fully saturated rings. The third kappa shape index (κ3) is 5.94. The van der Waals surface area contributed by atoms with Crippen LogP contribution in [0.3, 0.4) is 0 Å². The van der Waals surface area contributed by atoms with Gasteiger partial charge in [-0.1, -0.05) is 0 Å². The maximum absolute atomic E-state index is 10.3. The van der Waals surface area contributed by atoms with Crippen molar-refractivity contribution in [1.29, 1.82) is 0 Å². The molecule has 0 bridgehead atoms. The summed E-state index contributed by atoms with van der Waals surface area (Å²) in [6.07, 6.45) is 0. The van der Waals surface area contributed by atoms with Crippen LogP contribution < -0.4 is 0 Å². The molecule has 8 nitrogen and oxygen atoms in total.